The summed E-state index contributed by atoms with van der Waals surface area (Å²) in [5, 5.41) is 9.48. The maximum Gasteiger partial charge on any atom is 0.277 e. The predicted molar refractivity (Wildman–Crippen MR) is 63.9 cm³/mol. The van der Waals surface area contributed by atoms with Gasteiger partial charge in [0.2, 0.25) is 11.5 Å². The molecule has 1 atom stereocenters. The van der Waals surface area contributed by atoms with Gasteiger partial charge in [-0.25, -0.2) is 4.63 Å². The molecule has 0 aliphatic heterocycles. The molecule has 3 N–H and O–H groups in total. The molecule has 0 bridgehead atoms. The van der Waals surface area contributed by atoms with E-state index in [4.69, 9.17) is 17.3 Å². The molecule has 2 heterocycles. The molecule has 2 aromatic rings. The summed E-state index contributed by atoms with van der Waals surface area (Å²) in [6, 6.07) is 3.44. The highest BCUT2D eigenvalue weighted by Gasteiger charge is 2.19. The Morgan fingerprint density at radius 1 is 1.59 bits per heavy atom. The van der Waals surface area contributed by atoms with Gasteiger partial charge in [-0.1, -0.05) is 11.6 Å². The minimum Gasteiger partial charge on any atom is -0.379 e. The number of aromatic nitrogens is 2. The van der Waals surface area contributed by atoms with E-state index in [2.05, 4.69) is 20.3 Å². The van der Waals surface area contributed by atoms with Crippen LogP contribution in [0, 0.1) is 0 Å². The number of nitrogens with zero attached hydrogens (tertiary/aromatic N) is 2. The lowest BCUT2D eigenvalue weighted by Crippen LogP contribution is -2.27. The van der Waals surface area contributed by atoms with Gasteiger partial charge in [-0.3, -0.25) is 4.79 Å². The minimum absolute atomic E-state index is 0.0143. The maximum atomic E-state index is 11.7. The summed E-state index contributed by atoms with van der Waals surface area (Å²) >= 11 is 7.21. The molecule has 0 aromatic carbocycles. The zero-order valence-corrected chi connectivity index (χ0v) is 10.4. The molecule has 90 valence electrons. The number of amides is 1. The van der Waals surface area contributed by atoms with Crippen LogP contribution in [0.2, 0.25) is 4.34 Å². The maximum absolute atomic E-state index is 11.7. The number of carbonyl (C=O) groups excluding carboxylic acids is 1. The number of hydrogen-bond donors (Lipinski definition) is 2. The fraction of sp³-hybridized carbons (Fsp3) is 0.222. The lowest BCUT2D eigenvalue weighted by molar-refractivity contribution is 0.0931. The first kappa shape index (κ1) is 11.9. The molecule has 0 aliphatic rings. The summed E-state index contributed by atoms with van der Waals surface area (Å²) < 4.78 is 5.02. The van der Waals surface area contributed by atoms with E-state index in [9.17, 15) is 4.79 Å². The SMILES string of the molecule is CC(NC(=O)c1nonc1N)c1ccc(Cl)s1. The highest BCUT2D eigenvalue weighted by atomic mass is 35.5. The van der Waals surface area contributed by atoms with Crippen LogP contribution in [0.15, 0.2) is 16.8 Å². The third kappa shape index (κ3) is 2.56. The summed E-state index contributed by atoms with van der Waals surface area (Å²) in [7, 11) is 0. The number of nitrogens with one attached hydrogen (secondary N) is 1. The second-order valence-corrected chi connectivity index (χ2v) is 5.08. The van der Waals surface area contributed by atoms with Crippen molar-refractivity contribution in [2.45, 2.75) is 13.0 Å². The van der Waals surface area contributed by atoms with Crippen LogP contribution < -0.4 is 11.1 Å². The third-order valence-corrected chi connectivity index (χ3v) is 3.51. The molecule has 0 fully saturated rings. The molecule has 2 rings (SSSR count). The summed E-state index contributed by atoms with van der Waals surface area (Å²) in [5.41, 5.74) is 5.40. The fourth-order valence-corrected chi connectivity index (χ4v) is 2.31. The lowest BCUT2D eigenvalue weighted by atomic mass is 10.2. The Morgan fingerprint density at radius 2 is 2.35 bits per heavy atom. The molecule has 8 heteroatoms. The molecule has 1 amide bonds. The molecular formula is C9H9ClN4O2S. The van der Waals surface area contributed by atoms with Crippen molar-refractivity contribution in [2.75, 3.05) is 5.73 Å². The van der Waals surface area contributed by atoms with Gasteiger partial charge in [-0.05, 0) is 29.4 Å². The number of hydrogen-bond acceptors (Lipinski definition) is 6. The van der Waals surface area contributed by atoms with Crippen molar-refractivity contribution in [1.82, 2.24) is 15.6 Å². The van der Waals surface area contributed by atoms with E-state index in [1.54, 1.807) is 6.07 Å². The summed E-state index contributed by atoms with van der Waals surface area (Å²) in [6.07, 6.45) is 0. The molecule has 2 aromatic heterocycles. The largest absolute Gasteiger partial charge is 0.379 e. The second kappa shape index (κ2) is 4.72. The van der Waals surface area contributed by atoms with Crippen LogP contribution in [0.4, 0.5) is 5.82 Å². The van der Waals surface area contributed by atoms with Gasteiger partial charge >= 0.3 is 0 Å². The molecule has 17 heavy (non-hydrogen) atoms. The van der Waals surface area contributed by atoms with Gasteiger partial charge in [-0.2, -0.15) is 0 Å². The van der Waals surface area contributed by atoms with Gasteiger partial charge in [-0.15, -0.1) is 11.3 Å². The number of rotatable bonds is 3. The first-order chi connectivity index (χ1) is 8.08. The molecule has 0 spiro atoms. The van der Waals surface area contributed by atoms with Crippen molar-refractivity contribution in [3.8, 4) is 0 Å². The zero-order valence-electron chi connectivity index (χ0n) is 8.81. The van der Waals surface area contributed by atoms with Crippen molar-refractivity contribution in [2.24, 2.45) is 0 Å². The standard InChI is InChI=1S/C9H9ClN4O2S/c1-4(5-2-3-6(10)17-5)12-9(15)7-8(11)14-16-13-7/h2-4H,1H3,(H2,11,14)(H,12,15). The van der Waals surface area contributed by atoms with Gasteiger partial charge in [0.05, 0.1) is 10.4 Å². The van der Waals surface area contributed by atoms with Gasteiger partial charge in [0.15, 0.2) is 0 Å². The first-order valence-corrected chi connectivity index (χ1v) is 5.91. The van der Waals surface area contributed by atoms with Crippen LogP contribution in [-0.2, 0) is 0 Å². The van der Waals surface area contributed by atoms with E-state index in [1.165, 1.54) is 11.3 Å². The topological polar surface area (TPSA) is 94.0 Å². The Hall–Kier alpha value is -1.60. The molecule has 0 saturated carbocycles. The van der Waals surface area contributed by atoms with Crippen LogP contribution in [-0.4, -0.2) is 16.2 Å². The Bertz CT molecular complexity index is 539. The van der Waals surface area contributed by atoms with Crippen molar-refractivity contribution in [3.63, 3.8) is 0 Å². The average Bonchev–Trinajstić information content (AvgIpc) is 2.86. The molecule has 0 saturated heterocycles. The zero-order chi connectivity index (χ0) is 12.4. The van der Waals surface area contributed by atoms with Gasteiger partial charge in [0, 0.05) is 4.88 Å². The van der Waals surface area contributed by atoms with Gasteiger partial charge in [0.25, 0.3) is 5.91 Å². The van der Waals surface area contributed by atoms with Crippen LogP contribution in [0.5, 0.6) is 0 Å². The van der Waals surface area contributed by atoms with Gasteiger partial charge < -0.3 is 11.1 Å². The molecule has 6 nitrogen and oxygen atoms in total. The Labute approximate surface area is 106 Å². The van der Waals surface area contributed by atoms with Crippen LogP contribution in [0.1, 0.15) is 28.3 Å². The molecule has 1 unspecified atom stereocenters. The monoisotopic (exact) mass is 272 g/mol. The van der Waals surface area contributed by atoms with Crippen LogP contribution >= 0.6 is 22.9 Å². The third-order valence-electron chi connectivity index (χ3n) is 2.10. The number of nitrogens with two attached hydrogens (primary N) is 1. The van der Waals surface area contributed by atoms with E-state index < -0.39 is 5.91 Å². The Kier molecular flexibility index (Phi) is 3.30. The number of nitrogen functional groups attached to an aromatic ring is 1. The predicted octanol–water partition coefficient (Wildman–Crippen LogP) is 1.86. The van der Waals surface area contributed by atoms with Crippen LogP contribution in [0.25, 0.3) is 0 Å². The highest BCUT2D eigenvalue weighted by Crippen LogP contribution is 2.26. The van der Waals surface area contributed by atoms with Gasteiger partial charge in [0.1, 0.15) is 0 Å². The lowest BCUT2D eigenvalue weighted by Gasteiger charge is -2.10. The van der Waals surface area contributed by atoms with Crippen LogP contribution in [0.3, 0.4) is 0 Å². The quantitative estimate of drug-likeness (QED) is 0.889. The molecule has 0 radical (unpaired) electrons. The van der Waals surface area contributed by atoms with Crippen molar-refractivity contribution in [3.05, 3.63) is 27.0 Å². The van der Waals surface area contributed by atoms with Crippen molar-refractivity contribution in [1.29, 1.82) is 0 Å². The summed E-state index contributed by atoms with van der Waals surface area (Å²) in [5.74, 6) is -0.459. The number of halogens is 1. The van der Waals surface area contributed by atoms with E-state index in [1.807, 2.05) is 13.0 Å². The van der Waals surface area contributed by atoms with E-state index in [0.717, 1.165) is 4.88 Å². The van der Waals surface area contributed by atoms with E-state index in [-0.39, 0.29) is 17.6 Å². The fourth-order valence-electron chi connectivity index (χ4n) is 1.25. The van der Waals surface area contributed by atoms with Crippen molar-refractivity contribution >= 4 is 34.7 Å². The van der Waals surface area contributed by atoms with E-state index in [0.29, 0.717) is 4.34 Å². The summed E-state index contributed by atoms with van der Waals surface area (Å²) in [6.45, 7) is 1.84. The van der Waals surface area contributed by atoms with E-state index >= 15 is 0 Å². The smallest absolute Gasteiger partial charge is 0.277 e. The van der Waals surface area contributed by atoms with Crippen molar-refractivity contribution < 1.29 is 9.42 Å². The number of carbonyl (C=O) groups is 1. The Balaban J connectivity index is 2.07. The minimum atomic E-state index is -0.430. The summed E-state index contributed by atoms with van der Waals surface area (Å²) in [4.78, 5) is 12.7. The normalized spacial score (nSPS) is 12.4. The second-order valence-electron chi connectivity index (χ2n) is 3.34. The highest BCUT2D eigenvalue weighted by molar-refractivity contribution is 7.16. The first-order valence-electron chi connectivity index (χ1n) is 4.72. The number of anilines is 1. The Morgan fingerprint density at radius 3 is 2.88 bits per heavy atom. The number of thiophene rings is 1. The molecule has 0 aliphatic carbocycles. The average molecular weight is 273 g/mol. The molecular weight excluding hydrogens is 264 g/mol.